The first-order valence-corrected chi connectivity index (χ1v) is 8.81. The lowest BCUT2D eigenvalue weighted by Crippen LogP contribution is -2.32. The normalized spacial score (nSPS) is 18.0. The van der Waals surface area contributed by atoms with E-state index in [0.29, 0.717) is 23.1 Å². The molecule has 4 nitrogen and oxygen atoms in total. The summed E-state index contributed by atoms with van der Waals surface area (Å²) < 4.78 is 39.3. The molecule has 1 aromatic carbocycles. The quantitative estimate of drug-likeness (QED) is 0.778. The molecule has 2 heterocycles. The van der Waals surface area contributed by atoms with Crippen molar-refractivity contribution in [2.45, 2.75) is 25.2 Å². The van der Waals surface area contributed by atoms with Crippen LogP contribution in [0, 0.1) is 0 Å². The molecule has 2 aromatic rings. The van der Waals surface area contributed by atoms with Gasteiger partial charge in [-0.25, -0.2) is 9.97 Å². The maximum Gasteiger partial charge on any atom is 0.416 e. The number of halogens is 5. The first-order valence-electron chi connectivity index (χ1n) is 7.64. The summed E-state index contributed by atoms with van der Waals surface area (Å²) in [6, 6.07) is 3.52. The molecular weight excluding hydrogens is 421 g/mol. The van der Waals surface area contributed by atoms with Crippen LogP contribution in [0.1, 0.15) is 17.5 Å². The van der Waals surface area contributed by atoms with Crippen LogP contribution in [0.15, 0.2) is 35.1 Å². The molecule has 0 bridgehead atoms. The Labute approximate surface area is 156 Å². The monoisotopic (exact) mass is 434 g/mol. The second kappa shape index (κ2) is 7.47. The summed E-state index contributed by atoms with van der Waals surface area (Å²) in [5, 5.41) is 3.60. The molecule has 1 aliphatic rings. The van der Waals surface area contributed by atoms with Crippen molar-refractivity contribution in [3.05, 3.63) is 51.2 Å². The lowest BCUT2D eigenvalue weighted by molar-refractivity contribution is -0.137. The summed E-state index contributed by atoms with van der Waals surface area (Å²) in [6.45, 7) is 1.76. The van der Waals surface area contributed by atoms with Crippen LogP contribution >= 0.6 is 27.5 Å². The van der Waals surface area contributed by atoms with Crippen LogP contribution in [-0.2, 0) is 12.7 Å². The second-order valence-electron chi connectivity index (χ2n) is 5.82. The highest BCUT2D eigenvalue weighted by atomic mass is 79.9. The molecule has 9 heteroatoms. The second-order valence-corrected chi connectivity index (χ2v) is 7.14. The average molecular weight is 436 g/mol. The Morgan fingerprint density at radius 3 is 2.68 bits per heavy atom. The first-order chi connectivity index (χ1) is 11.8. The van der Waals surface area contributed by atoms with E-state index >= 15 is 0 Å². The molecule has 134 valence electrons. The van der Waals surface area contributed by atoms with Gasteiger partial charge in [0.25, 0.3) is 0 Å². The third kappa shape index (κ3) is 4.62. The Morgan fingerprint density at radius 2 is 2.00 bits per heavy atom. The van der Waals surface area contributed by atoms with Gasteiger partial charge in [-0.1, -0.05) is 11.6 Å². The van der Waals surface area contributed by atoms with E-state index < -0.39 is 11.7 Å². The van der Waals surface area contributed by atoms with Crippen molar-refractivity contribution in [2.24, 2.45) is 0 Å². The van der Waals surface area contributed by atoms with Crippen LogP contribution < -0.4 is 10.2 Å². The van der Waals surface area contributed by atoms with Gasteiger partial charge in [-0.15, -0.1) is 0 Å². The molecule has 1 atom stereocenters. The van der Waals surface area contributed by atoms with Gasteiger partial charge in [0.05, 0.1) is 10.0 Å². The van der Waals surface area contributed by atoms with Crippen LogP contribution in [0.2, 0.25) is 5.02 Å². The molecule has 1 unspecified atom stereocenters. The summed E-state index contributed by atoms with van der Waals surface area (Å²) in [5.74, 6) is 0.643. The smallest absolute Gasteiger partial charge is 0.339 e. The summed E-state index contributed by atoms with van der Waals surface area (Å²) in [4.78, 5) is 10.6. The Kier molecular flexibility index (Phi) is 5.50. The number of hydrogen-bond acceptors (Lipinski definition) is 4. The average Bonchev–Trinajstić information content (AvgIpc) is 3.02. The predicted molar refractivity (Wildman–Crippen MR) is 93.6 cm³/mol. The first kappa shape index (κ1) is 18.4. The van der Waals surface area contributed by atoms with Gasteiger partial charge in [-0.3, -0.25) is 0 Å². The van der Waals surface area contributed by atoms with Gasteiger partial charge in [0.1, 0.15) is 0 Å². The van der Waals surface area contributed by atoms with Gasteiger partial charge in [-0.2, -0.15) is 13.2 Å². The van der Waals surface area contributed by atoms with Gasteiger partial charge in [0.15, 0.2) is 0 Å². The van der Waals surface area contributed by atoms with E-state index in [0.717, 1.165) is 29.6 Å². The minimum Gasteiger partial charge on any atom is -0.339 e. The van der Waals surface area contributed by atoms with Crippen LogP contribution in [0.4, 0.5) is 19.1 Å². The molecule has 3 rings (SSSR count). The number of anilines is 1. The minimum absolute atomic E-state index is 0.137. The van der Waals surface area contributed by atoms with Gasteiger partial charge in [0, 0.05) is 43.1 Å². The predicted octanol–water partition coefficient (Wildman–Crippen LogP) is 4.28. The van der Waals surface area contributed by atoms with E-state index in [9.17, 15) is 13.2 Å². The van der Waals surface area contributed by atoms with Crippen LogP contribution in [-0.4, -0.2) is 29.1 Å². The lowest BCUT2D eigenvalue weighted by Gasteiger charge is -2.17. The van der Waals surface area contributed by atoms with Gasteiger partial charge < -0.3 is 10.2 Å². The molecule has 1 aliphatic heterocycles. The van der Waals surface area contributed by atoms with Crippen molar-refractivity contribution in [3.8, 4) is 0 Å². The molecule has 25 heavy (non-hydrogen) atoms. The largest absolute Gasteiger partial charge is 0.416 e. The van der Waals surface area contributed by atoms with Crippen molar-refractivity contribution in [1.82, 2.24) is 15.3 Å². The zero-order chi connectivity index (χ0) is 18.0. The number of benzene rings is 1. The molecule has 0 aliphatic carbocycles. The summed E-state index contributed by atoms with van der Waals surface area (Å²) in [5.41, 5.74) is -0.250. The lowest BCUT2D eigenvalue weighted by atomic mass is 10.1. The Bertz CT molecular complexity index is 739. The SMILES string of the molecule is FC(F)(F)c1ccc(Cl)c(CNC2CCN(c3ncc(Br)cn3)C2)c1. The Balaban J connectivity index is 1.60. The Hall–Kier alpha value is -1.38. The van der Waals surface area contributed by atoms with E-state index in [-0.39, 0.29) is 12.6 Å². The zero-order valence-electron chi connectivity index (χ0n) is 13.0. The zero-order valence-corrected chi connectivity index (χ0v) is 15.4. The highest BCUT2D eigenvalue weighted by molar-refractivity contribution is 9.10. The van der Waals surface area contributed by atoms with Crippen LogP contribution in [0.3, 0.4) is 0 Å². The van der Waals surface area contributed by atoms with E-state index in [1.807, 2.05) is 4.90 Å². The fourth-order valence-electron chi connectivity index (χ4n) is 2.72. The molecule has 0 spiro atoms. The standard InChI is InChI=1S/C16H15BrClF3N4/c17-12-7-23-15(24-8-12)25-4-3-13(9-25)22-6-10-5-11(16(19,20)21)1-2-14(10)18/h1-2,5,7-8,13,22H,3-4,6,9H2. The number of hydrogen-bond donors (Lipinski definition) is 1. The maximum absolute atomic E-state index is 12.8. The van der Waals surface area contributed by atoms with Crippen LogP contribution in [0.5, 0.6) is 0 Å². The van der Waals surface area contributed by atoms with Crippen molar-refractivity contribution < 1.29 is 13.2 Å². The topological polar surface area (TPSA) is 41.0 Å². The summed E-state index contributed by atoms with van der Waals surface area (Å²) in [6.07, 6.45) is -0.143. The minimum atomic E-state index is -4.37. The molecule has 0 amide bonds. The summed E-state index contributed by atoms with van der Waals surface area (Å²) in [7, 11) is 0. The van der Waals surface area contributed by atoms with Crippen molar-refractivity contribution in [1.29, 1.82) is 0 Å². The number of nitrogens with zero attached hydrogens (tertiary/aromatic N) is 3. The van der Waals surface area contributed by atoms with Crippen molar-refractivity contribution in [2.75, 3.05) is 18.0 Å². The highest BCUT2D eigenvalue weighted by Crippen LogP contribution is 2.31. The van der Waals surface area contributed by atoms with Crippen LogP contribution in [0.25, 0.3) is 0 Å². The summed E-state index contributed by atoms with van der Waals surface area (Å²) >= 11 is 9.32. The molecule has 1 fully saturated rings. The fraction of sp³-hybridized carbons (Fsp3) is 0.375. The molecule has 1 N–H and O–H groups in total. The molecule has 1 aromatic heterocycles. The maximum atomic E-state index is 12.8. The number of alkyl halides is 3. The van der Waals surface area contributed by atoms with E-state index in [1.165, 1.54) is 6.07 Å². The number of aromatic nitrogens is 2. The van der Waals surface area contributed by atoms with Gasteiger partial charge in [-0.05, 0) is 46.1 Å². The van der Waals surface area contributed by atoms with Gasteiger partial charge >= 0.3 is 6.18 Å². The third-order valence-electron chi connectivity index (χ3n) is 4.03. The molecule has 0 radical (unpaired) electrons. The highest BCUT2D eigenvalue weighted by Gasteiger charge is 2.31. The van der Waals surface area contributed by atoms with Gasteiger partial charge in [0.2, 0.25) is 5.95 Å². The molecule has 1 saturated heterocycles. The van der Waals surface area contributed by atoms with Crippen molar-refractivity contribution >= 4 is 33.5 Å². The number of nitrogens with one attached hydrogen (secondary N) is 1. The van der Waals surface area contributed by atoms with Crippen molar-refractivity contribution in [3.63, 3.8) is 0 Å². The Morgan fingerprint density at radius 1 is 1.28 bits per heavy atom. The molecular formula is C16H15BrClF3N4. The van der Waals surface area contributed by atoms with E-state index in [2.05, 4.69) is 31.2 Å². The third-order valence-corrected chi connectivity index (χ3v) is 4.81. The van der Waals surface area contributed by atoms with E-state index in [1.54, 1.807) is 12.4 Å². The fourth-order valence-corrected chi connectivity index (χ4v) is 3.11. The number of rotatable bonds is 4. The molecule has 0 saturated carbocycles. The van der Waals surface area contributed by atoms with E-state index in [4.69, 9.17) is 11.6 Å².